The second-order valence-electron chi connectivity index (χ2n) is 6.29. The number of Topliss-reactive ketones (excluding diaryl/α,β-unsaturated/α-hetero) is 1. The summed E-state index contributed by atoms with van der Waals surface area (Å²) in [5.41, 5.74) is 5.57. The lowest BCUT2D eigenvalue weighted by Crippen LogP contribution is -2.35. The smallest absolute Gasteiger partial charge is 0.177 e. The number of carbonyl (C=O) groups excluding carboxylic acids is 1. The molecule has 0 aliphatic carbocycles. The first-order valence-corrected chi connectivity index (χ1v) is 8.06. The quantitative estimate of drug-likeness (QED) is 0.809. The maximum atomic E-state index is 12.8. The Hall–Kier alpha value is -2.13. The molecule has 3 heteroatoms. The van der Waals surface area contributed by atoms with Crippen LogP contribution in [-0.4, -0.2) is 30.9 Å². The van der Waals surface area contributed by atoms with E-state index in [1.807, 2.05) is 26.0 Å². The van der Waals surface area contributed by atoms with E-state index >= 15 is 0 Å². The second kappa shape index (κ2) is 6.55. The minimum atomic E-state index is 0.196. The molecule has 0 amide bonds. The van der Waals surface area contributed by atoms with Crippen molar-refractivity contribution in [1.29, 1.82) is 0 Å². The van der Waals surface area contributed by atoms with E-state index < -0.39 is 0 Å². The summed E-state index contributed by atoms with van der Waals surface area (Å²) in [4.78, 5) is 15.0. The third-order valence-electron chi connectivity index (χ3n) is 4.60. The van der Waals surface area contributed by atoms with Crippen LogP contribution in [0.5, 0.6) is 5.75 Å². The second-order valence-corrected chi connectivity index (χ2v) is 6.29. The predicted molar refractivity (Wildman–Crippen MR) is 92.2 cm³/mol. The van der Waals surface area contributed by atoms with E-state index in [0.717, 1.165) is 42.0 Å². The Morgan fingerprint density at radius 3 is 2.43 bits per heavy atom. The Balaban J connectivity index is 1.76. The summed E-state index contributed by atoms with van der Waals surface area (Å²) in [6, 6.07) is 12.4. The van der Waals surface area contributed by atoms with Gasteiger partial charge in [0.2, 0.25) is 0 Å². The van der Waals surface area contributed by atoms with Crippen molar-refractivity contribution in [3.8, 4) is 5.75 Å². The van der Waals surface area contributed by atoms with Gasteiger partial charge < -0.3 is 4.74 Å². The molecule has 1 heterocycles. The van der Waals surface area contributed by atoms with Crippen molar-refractivity contribution >= 4 is 5.78 Å². The summed E-state index contributed by atoms with van der Waals surface area (Å²) in [6.45, 7) is 6.23. The lowest BCUT2D eigenvalue weighted by molar-refractivity contribution is 0.0920. The molecular weight excluding hydrogens is 286 g/mol. The van der Waals surface area contributed by atoms with Crippen molar-refractivity contribution < 1.29 is 9.53 Å². The monoisotopic (exact) mass is 309 g/mol. The van der Waals surface area contributed by atoms with Crippen LogP contribution in [0.25, 0.3) is 0 Å². The molecule has 1 aliphatic rings. The average molecular weight is 309 g/mol. The number of benzene rings is 2. The van der Waals surface area contributed by atoms with Crippen LogP contribution in [0, 0.1) is 13.8 Å². The van der Waals surface area contributed by atoms with Crippen LogP contribution in [0.3, 0.4) is 0 Å². The number of aryl methyl sites for hydroxylation is 2. The molecule has 0 bridgehead atoms. The van der Waals surface area contributed by atoms with Crippen molar-refractivity contribution in [2.24, 2.45) is 0 Å². The largest absolute Gasteiger partial charge is 0.497 e. The molecule has 0 N–H and O–H groups in total. The van der Waals surface area contributed by atoms with E-state index in [2.05, 4.69) is 29.2 Å². The summed E-state index contributed by atoms with van der Waals surface area (Å²) in [5, 5.41) is 0. The summed E-state index contributed by atoms with van der Waals surface area (Å²) >= 11 is 0. The standard InChI is InChI=1S/C20H23NO2/c1-14-10-18(23-3)11-15(2)20(14)19(22)13-21-9-8-16-6-4-5-7-17(16)12-21/h4-7,10-11H,8-9,12-13H2,1-3H3. The van der Waals surface area contributed by atoms with Crippen molar-refractivity contribution in [2.75, 3.05) is 20.2 Å². The zero-order valence-electron chi connectivity index (χ0n) is 14.1. The SMILES string of the molecule is COc1cc(C)c(C(=O)CN2CCc3ccccc3C2)c(C)c1. The number of nitrogens with zero attached hydrogens (tertiary/aromatic N) is 1. The summed E-state index contributed by atoms with van der Waals surface area (Å²) in [5.74, 6) is 1.01. The van der Waals surface area contributed by atoms with Crippen LogP contribution in [0.15, 0.2) is 36.4 Å². The molecule has 23 heavy (non-hydrogen) atoms. The fourth-order valence-electron chi connectivity index (χ4n) is 3.45. The molecule has 3 nitrogen and oxygen atoms in total. The third-order valence-corrected chi connectivity index (χ3v) is 4.60. The lowest BCUT2D eigenvalue weighted by atomic mass is 9.96. The van der Waals surface area contributed by atoms with Crippen LogP contribution < -0.4 is 4.74 Å². The Kier molecular flexibility index (Phi) is 4.49. The van der Waals surface area contributed by atoms with Gasteiger partial charge in [-0.3, -0.25) is 9.69 Å². The number of methoxy groups -OCH3 is 1. The minimum Gasteiger partial charge on any atom is -0.497 e. The van der Waals surface area contributed by atoms with Crippen LogP contribution in [0.1, 0.15) is 32.6 Å². The first-order valence-electron chi connectivity index (χ1n) is 8.06. The van der Waals surface area contributed by atoms with Gasteiger partial charge in [0.25, 0.3) is 0 Å². The molecule has 2 aromatic carbocycles. The fraction of sp³-hybridized carbons (Fsp3) is 0.350. The van der Waals surface area contributed by atoms with Gasteiger partial charge in [0.1, 0.15) is 5.75 Å². The van der Waals surface area contributed by atoms with E-state index in [0.29, 0.717) is 6.54 Å². The number of fused-ring (bicyclic) bond motifs is 1. The highest BCUT2D eigenvalue weighted by molar-refractivity contribution is 6.00. The molecule has 0 unspecified atom stereocenters. The van der Waals surface area contributed by atoms with E-state index in [1.54, 1.807) is 7.11 Å². The predicted octanol–water partition coefficient (Wildman–Crippen LogP) is 3.55. The summed E-state index contributed by atoms with van der Waals surface area (Å²) in [6.07, 6.45) is 1.02. The van der Waals surface area contributed by atoms with Crippen LogP contribution in [0.2, 0.25) is 0 Å². The highest BCUT2D eigenvalue weighted by atomic mass is 16.5. The maximum absolute atomic E-state index is 12.8. The molecule has 1 aliphatic heterocycles. The Bertz CT molecular complexity index is 713. The third kappa shape index (κ3) is 3.30. The Labute approximate surface area is 137 Å². The zero-order valence-corrected chi connectivity index (χ0v) is 14.1. The van der Waals surface area contributed by atoms with Crippen LogP contribution >= 0.6 is 0 Å². The van der Waals surface area contributed by atoms with Gasteiger partial charge >= 0.3 is 0 Å². The number of carbonyl (C=O) groups is 1. The number of rotatable bonds is 4. The minimum absolute atomic E-state index is 0.196. The van der Waals surface area contributed by atoms with E-state index in [1.165, 1.54) is 11.1 Å². The highest BCUT2D eigenvalue weighted by Crippen LogP contribution is 2.24. The first-order chi connectivity index (χ1) is 11.1. The molecule has 0 aromatic heterocycles. The number of hydrogen-bond donors (Lipinski definition) is 0. The average Bonchev–Trinajstić information content (AvgIpc) is 2.54. The molecule has 120 valence electrons. The van der Waals surface area contributed by atoms with Gasteiger partial charge in [0.15, 0.2) is 5.78 Å². The molecule has 0 spiro atoms. The van der Waals surface area contributed by atoms with Crippen molar-refractivity contribution in [3.05, 3.63) is 64.2 Å². The van der Waals surface area contributed by atoms with Gasteiger partial charge in [0.05, 0.1) is 13.7 Å². The molecule has 0 atom stereocenters. The van der Waals surface area contributed by atoms with Crippen LogP contribution in [-0.2, 0) is 13.0 Å². The Morgan fingerprint density at radius 2 is 1.78 bits per heavy atom. The summed E-state index contributed by atoms with van der Waals surface area (Å²) in [7, 11) is 1.65. The Morgan fingerprint density at radius 1 is 1.13 bits per heavy atom. The van der Waals surface area contributed by atoms with Crippen molar-refractivity contribution in [3.63, 3.8) is 0 Å². The molecule has 2 aromatic rings. The van der Waals surface area contributed by atoms with E-state index in [4.69, 9.17) is 4.74 Å². The number of ketones is 1. The number of ether oxygens (including phenoxy) is 1. The molecular formula is C20H23NO2. The zero-order chi connectivity index (χ0) is 16.4. The van der Waals surface area contributed by atoms with Gasteiger partial charge in [-0.25, -0.2) is 0 Å². The van der Waals surface area contributed by atoms with E-state index in [-0.39, 0.29) is 5.78 Å². The van der Waals surface area contributed by atoms with E-state index in [9.17, 15) is 4.79 Å². The van der Waals surface area contributed by atoms with Gasteiger partial charge in [0, 0.05) is 18.7 Å². The van der Waals surface area contributed by atoms with Crippen molar-refractivity contribution in [2.45, 2.75) is 26.8 Å². The lowest BCUT2D eigenvalue weighted by Gasteiger charge is -2.28. The fourth-order valence-corrected chi connectivity index (χ4v) is 3.45. The molecule has 0 fully saturated rings. The molecule has 0 saturated heterocycles. The van der Waals surface area contributed by atoms with Gasteiger partial charge in [-0.15, -0.1) is 0 Å². The molecule has 0 radical (unpaired) electrons. The first kappa shape index (κ1) is 15.8. The summed E-state index contributed by atoms with van der Waals surface area (Å²) < 4.78 is 5.28. The highest BCUT2D eigenvalue weighted by Gasteiger charge is 2.21. The van der Waals surface area contributed by atoms with Gasteiger partial charge in [-0.2, -0.15) is 0 Å². The maximum Gasteiger partial charge on any atom is 0.177 e. The topological polar surface area (TPSA) is 29.5 Å². The molecule has 0 saturated carbocycles. The van der Waals surface area contributed by atoms with Crippen molar-refractivity contribution in [1.82, 2.24) is 4.90 Å². The number of hydrogen-bond acceptors (Lipinski definition) is 3. The molecule has 3 rings (SSSR count). The van der Waals surface area contributed by atoms with Gasteiger partial charge in [-0.1, -0.05) is 24.3 Å². The van der Waals surface area contributed by atoms with Gasteiger partial charge in [-0.05, 0) is 54.7 Å². The van der Waals surface area contributed by atoms with Crippen LogP contribution in [0.4, 0.5) is 0 Å². The normalized spacial score (nSPS) is 14.4.